The zero-order chi connectivity index (χ0) is 14.5. The smallest absolute Gasteiger partial charge is 0.293 e. The summed E-state index contributed by atoms with van der Waals surface area (Å²) in [5.41, 5.74) is 7.24. The molecule has 0 aliphatic carbocycles. The number of benzene rings is 1. The van der Waals surface area contributed by atoms with E-state index in [2.05, 4.69) is 0 Å². The zero-order valence-electron chi connectivity index (χ0n) is 11.9. The minimum Gasteiger partial charge on any atom is -0.456 e. The van der Waals surface area contributed by atoms with Gasteiger partial charge in [-0.05, 0) is 36.8 Å². The van der Waals surface area contributed by atoms with Crippen LogP contribution in [0.1, 0.15) is 36.6 Å². The van der Waals surface area contributed by atoms with Crippen LogP contribution in [0.5, 0.6) is 0 Å². The Hall–Kier alpha value is -2.23. The summed E-state index contributed by atoms with van der Waals surface area (Å²) in [6, 6.07) is 10.9. The number of carbonyl (C=O) groups excluding carboxylic acids is 1. The van der Waals surface area contributed by atoms with Gasteiger partial charge in [-0.1, -0.05) is 19.9 Å². The molecule has 1 aromatic heterocycles. The fraction of sp³-hybridized carbons (Fsp3) is 0.312. The quantitative estimate of drug-likeness (QED) is 0.848. The summed E-state index contributed by atoms with van der Waals surface area (Å²) in [5.74, 6) is 1.06. The number of amides is 1. The molecule has 0 saturated carbocycles. The van der Waals surface area contributed by atoms with Gasteiger partial charge in [-0.15, -0.1) is 0 Å². The van der Waals surface area contributed by atoms with Gasteiger partial charge in [0.15, 0.2) is 5.76 Å². The number of furan rings is 1. The van der Waals surface area contributed by atoms with E-state index in [9.17, 15) is 4.79 Å². The summed E-state index contributed by atoms with van der Waals surface area (Å²) in [4.78, 5) is 14.3. The van der Waals surface area contributed by atoms with Crippen molar-refractivity contribution in [2.75, 3.05) is 17.2 Å². The molecule has 1 heterocycles. The lowest BCUT2D eigenvalue weighted by Gasteiger charge is -2.21. The highest BCUT2D eigenvalue weighted by molar-refractivity contribution is 6.04. The van der Waals surface area contributed by atoms with E-state index in [0.29, 0.717) is 18.0 Å². The first-order valence-corrected chi connectivity index (χ1v) is 6.91. The molecule has 0 unspecified atom stereocenters. The van der Waals surface area contributed by atoms with Crippen LogP contribution in [0.3, 0.4) is 0 Å². The van der Waals surface area contributed by atoms with E-state index < -0.39 is 0 Å². The van der Waals surface area contributed by atoms with Crippen molar-refractivity contribution in [1.82, 2.24) is 0 Å². The van der Waals surface area contributed by atoms with Gasteiger partial charge in [0.1, 0.15) is 5.76 Å². The lowest BCUT2D eigenvalue weighted by molar-refractivity contribution is 0.0958. The minimum atomic E-state index is -0.128. The highest BCUT2D eigenvalue weighted by Crippen LogP contribution is 2.21. The minimum absolute atomic E-state index is 0.128. The van der Waals surface area contributed by atoms with Gasteiger partial charge in [0.2, 0.25) is 0 Å². The third kappa shape index (κ3) is 3.02. The van der Waals surface area contributed by atoms with E-state index in [-0.39, 0.29) is 5.91 Å². The molecule has 1 amide bonds. The number of hydrogen-bond acceptors (Lipinski definition) is 3. The van der Waals surface area contributed by atoms with E-state index in [4.69, 9.17) is 10.2 Å². The van der Waals surface area contributed by atoms with Crippen LogP contribution < -0.4 is 10.6 Å². The monoisotopic (exact) mass is 272 g/mol. The van der Waals surface area contributed by atoms with Gasteiger partial charge in [-0.25, -0.2) is 0 Å². The molecule has 0 bridgehead atoms. The number of nitrogens with two attached hydrogens (primary N) is 1. The molecular weight excluding hydrogens is 252 g/mol. The van der Waals surface area contributed by atoms with Crippen molar-refractivity contribution < 1.29 is 9.21 Å². The summed E-state index contributed by atoms with van der Waals surface area (Å²) in [7, 11) is 0. The number of carbonyl (C=O) groups is 1. The van der Waals surface area contributed by atoms with Crippen LogP contribution in [-0.2, 0) is 6.42 Å². The van der Waals surface area contributed by atoms with E-state index in [1.54, 1.807) is 23.1 Å². The Kier molecular flexibility index (Phi) is 4.45. The van der Waals surface area contributed by atoms with Gasteiger partial charge < -0.3 is 15.1 Å². The number of anilines is 2. The first kappa shape index (κ1) is 14.2. The predicted octanol–water partition coefficient (Wildman–Crippen LogP) is 3.48. The molecule has 0 aliphatic rings. The van der Waals surface area contributed by atoms with Crippen LogP contribution in [0.2, 0.25) is 0 Å². The third-order valence-corrected chi connectivity index (χ3v) is 3.10. The molecule has 20 heavy (non-hydrogen) atoms. The second-order valence-corrected chi connectivity index (χ2v) is 4.67. The summed E-state index contributed by atoms with van der Waals surface area (Å²) >= 11 is 0. The van der Waals surface area contributed by atoms with Gasteiger partial charge in [-0.3, -0.25) is 4.79 Å². The van der Waals surface area contributed by atoms with E-state index in [1.165, 1.54) is 0 Å². The van der Waals surface area contributed by atoms with Crippen molar-refractivity contribution in [1.29, 1.82) is 0 Å². The Morgan fingerprint density at radius 3 is 2.65 bits per heavy atom. The van der Waals surface area contributed by atoms with Crippen molar-refractivity contribution in [3.8, 4) is 0 Å². The van der Waals surface area contributed by atoms with Gasteiger partial charge >= 0.3 is 0 Å². The van der Waals surface area contributed by atoms with Crippen LogP contribution >= 0.6 is 0 Å². The zero-order valence-corrected chi connectivity index (χ0v) is 11.9. The van der Waals surface area contributed by atoms with Crippen LogP contribution in [0.15, 0.2) is 40.8 Å². The molecule has 2 rings (SSSR count). The van der Waals surface area contributed by atoms with Crippen molar-refractivity contribution in [3.63, 3.8) is 0 Å². The SMILES string of the molecule is CCCN(C(=O)c1ccc(CC)o1)c1cccc(N)c1. The maximum absolute atomic E-state index is 12.6. The summed E-state index contributed by atoms with van der Waals surface area (Å²) in [6.45, 7) is 4.66. The summed E-state index contributed by atoms with van der Waals surface area (Å²) in [6.07, 6.45) is 1.64. The second-order valence-electron chi connectivity index (χ2n) is 4.67. The Bertz CT molecular complexity index is 590. The third-order valence-electron chi connectivity index (χ3n) is 3.10. The van der Waals surface area contributed by atoms with Crippen LogP contribution in [-0.4, -0.2) is 12.5 Å². The average Bonchev–Trinajstić information content (AvgIpc) is 2.93. The average molecular weight is 272 g/mol. The highest BCUT2D eigenvalue weighted by Gasteiger charge is 2.20. The van der Waals surface area contributed by atoms with Gasteiger partial charge in [-0.2, -0.15) is 0 Å². The summed E-state index contributed by atoms with van der Waals surface area (Å²) < 4.78 is 5.55. The molecule has 0 radical (unpaired) electrons. The Morgan fingerprint density at radius 2 is 2.05 bits per heavy atom. The van der Waals surface area contributed by atoms with Crippen LogP contribution in [0.4, 0.5) is 11.4 Å². The lowest BCUT2D eigenvalue weighted by atomic mass is 10.2. The lowest BCUT2D eigenvalue weighted by Crippen LogP contribution is -2.31. The van der Waals surface area contributed by atoms with Crippen LogP contribution in [0.25, 0.3) is 0 Å². The molecule has 0 fully saturated rings. The molecule has 0 atom stereocenters. The number of nitrogens with zero attached hydrogens (tertiary/aromatic N) is 1. The number of hydrogen-bond donors (Lipinski definition) is 1. The molecule has 0 saturated heterocycles. The molecule has 106 valence electrons. The largest absolute Gasteiger partial charge is 0.456 e. The van der Waals surface area contributed by atoms with Crippen molar-refractivity contribution >= 4 is 17.3 Å². The van der Waals surface area contributed by atoms with E-state index in [1.807, 2.05) is 32.0 Å². The van der Waals surface area contributed by atoms with Crippen molar-refractivity contribution in [2.45, 2.75) is 26.7 Å². The Morgan fingerprint density at radius 1 is 1.25 bits per heavy atom. The molecule has 2 N–H and O–H groups in total. The van der Waals surface area contributed by atoms with Crippen molar-refractivity contribution in [3.05, 3.63) is 47.9 Å². The first-order valence-electron chi connectivity index (χ1n) is 6.91. The molecule has 2 aromatic rings. The molecule has 4 heteroatoms. The first-order chi connectivity index (χ1) is 9.65. The standard InChI is InChI=1S/C16H20N2O2/c1-3-10-18(13-7-5-6-12(17)11-13)16(19)15-9-8-14(4-2)20-15/h5-9,11H,3-4,10,17H2,1-2H3. The van der Waals surface area contributed by atoms with Crippen molar-refractivity contribution in [2.24, 2.45) is 0 Å². The number of nitrogen functional groups attached to an aromatic ring is 1. The molecule has 0 spiro atoms. The molecule has 4 nitrogen and oxygen atoms in total. The fourth-order valence-corrected chi connectivity index (χ4v) is 2.08. The number of rotatable bonds is 5. The fourth-order valence-electron chi connectivity index (χ4n) is 2.08. The Labute approximate surface area is 119 Å². The Balaban J connectivity index is 2.30. The van der Waals surface area contributed by atoms with Gasteiger partial charge in [0.05, 0.1) is 0 Å². The predicted molar refractivity (Wildman–Crippen MR) is 80.9 cm³/mol. The number of aryl methyl sites for hydroxylation is 1. The molecular formula is C16H20N2O2. The molecule has 1 aromatic carbocycles. The molecule has 0 aliphatic heterocycles. The van der Waals surface area contributed by atoms with Crippen LogP contribution in [0, 0.1) is 0 Å². The van der Waals surface area contributed by atoms with E-state index in [0.717, 1.165) is 24.3 Å². The second kappa shape index (κ2) is 6.28. The van der Waals surface area contributed by atoms with Gasteiger partial charge in [0, 0.05) is 24.3 Å². The highest BCUT2D eigenvalue weighted by atomic mass is 16.4. The van der Waals surface area contributed by atoms with Gasteiger partial charge in [0.25, 0.3) is 5.91 Å². The van der Waals surface area contributed by atoms with E-state index >= 15 is 0 Å². The summed E-state index contributed by atoms with van der Waals surface area (Å²) in [5, 5.41) is 0. The maximum atomic E-state index is 12.6. The normalized spacial score (nSPS) is 10.5. The maximum Gasteiger partial charge on any atom is 0.293 e. The topological polar surface area (TPSA) is 59.5 Å².